The molecule has 0 aliphatic heterocycles. The summed E-state index contributed by atoms with van der Waals surface area (Å²) in [5.74, 6) is -0.0501. The Kier molecular flexibility index (Phi) is 3.37. The molecule has 2 N–H and O–H groups in total. The number of ketones is 1. The molecule has 1 aliphatic carbocycles. The first kappa shape index (κ1) is 14.2. The first-order chi connectivity index (χ1) is 10.5. The predicted molar refractivity (Wildman–Crippen MR) is 86.6 cm³/mol. The number of phenolic OH excluding ortho intramolecular Hbond substituents is 2. The Morgan fingerprint density at radius 2 is 1.91 bits per heavy atom. The topological polar surface area (TPSA) is 60.8 Å². The third-order valence-corrected chi connectivity index (χ3v) is 3.88. The molecule has 2 aromatic rings. The summed E-state index contributed by atoms with van der Waals surface area (Å²) in [6, 6.07) is 10.1. The summed E-state index contributed by atoms with van der Waals surface area (Å²) in [5.41, 5.74) is 3.94. The number of anilines is 1. The number of hydrogen-bond acceptors (Lipinski definition) is 4. The van der Waals surface area contributed by atoms with Crippen LogP contribution in [0, 0.1) is 0 Å². The minimum atomic E-state index is -0.0379. The average molecular weight is 295 g/mol. The Morgan fingerprint density at radius 1 is 1.14 bits per heavy atom. The molecule has 1 aliphatic rings. The fraction of sp³-hybridized carbons (Fsp3) is 0.167. The number of aromatic hydroxyl groups is 2. The lowest BCUT2D eigenvalue weighted by molar-refractivity contribution is 0.104. The summed E-state index contributed by atoms with van der Waals surface area (Å²) in [6.07, 6.45) is 2.24. The van der Waals surface area contributed by atoms with Gasteiger partial charge in [-0.05, 0) is 29.8 Å². The Balaban J connectivity index is 2.04. The third kappa shape index (κ3) is 2.33. The smallest absolute Gasteiger partial charge is 0.189 e. The van der Waals surface area contributed by atoms with E-state index in [2.05, 4.69) is 0 Å². The molecule has 0 amide bonds. The third-order valence-electron chi connectivity index (χ3n) is 3.88. The van der Waals surface area contributed by atoms with E-state index in [0.717, 1.165) is 16.8 Å². The molecule has 0 saturated heterocycles. The van der Waals surface area contributed by atoms with Crippen molar-refractivity contribution in [1.29, 1.82) is 0 Å². The van der Waals surface area contributed by atoms with Gasteiger partial charge in [0, 0.05) is 49.0 Å². The monoisotopic (exact) mass is 295 g/mol. The zero-order valence-electron chi connectivity index (χ0n) is 12.5. The highest BCUT2D eigenvalue weighted by Crippen LogP contribution is 2.35. The van der Waals surface area contributed by atoms with Crippen LogP contribution in [0.2, 0.25) is 0 Å². The van der Waals surface area contributed by atoms with Crippen molar-refractivity contribution in [2.24, 2.45) is 0 Å². The van der Waals surface area contributed by atoms with Crippen LogP contribution in [0.25, 0.3) is 6.08 Å². The number of allylic oxidation sites excluding steroid dienone is 1. The molecule has 0 atom stereocenters. The molecule has 0 spiro atoms. The van der Waals surface area contributed by atoms with Gasteiger partial charge in [-0.2, -0.15) is 0 Å². The lowest BCUT2D eigenvalue weighted by atomic mass is 10.1. The maximum atomic E-state index is 12.5. The number of benzene rings is 2. The van der Waals surface area contributed by atoms with Gasteiger partial charge in [-0.25, -0.2) is 0 Å². The summed E-state index contributed by atoms with van der Waals surface area (Å²) in [6.45, 7) is 0. The first-order valence-corrected chi connectivity index (χ1v) is 7.04. The second-order valence-electron chi connectivity index (χ2n) is 5.62. The number of Topliss-reactive ketones (excluding diaryl/α,β-unsaturated/α-hetero) is 1. The number of phenols is 2. The van der Waals surface area contributed by atoms with Gasteiger partial charge in [0.1, 0.15) is 11.5 Å². The Labute approximate surface area is 128 Å². The fourth-order valence-electron chi connectivity index (χ4n) is 2.79. The van der Waals surface area contributed by atoms with E-state index in [9.17, 15) is 15.0 Å². The molecule has 0 bridgehead atoms. The first-order valence-electron chi connectivity index (χ1n) is 7.04. The van der Waals surface area contributed by atoms with Crippen LogP contribution in [0.3, 0.4) is 0 Å². The van der Waals surface area contributed by atoms with Crippen LogP contribution in [0.5, 0.6) is 11.5 Å². The van der Waals surface area contributed by atoms with Gasteiger partial charge in [0.25, 0.3) is 0 Å². The van der Waals surface area contributed by atoms with Gasteiger partial charge in [-0.1, -0.05) is 12.1 Å². The molecule has 4 nitrogen and oxygen atoms in total. The Bertz CT molecular complexity index is 791. The molecule has 2 aromatic carbocycles. The quantitative estimate of drug-likeness (QED) is 0.836. The number of fused-ring (bicyclic) bond motifs is 1. The Morgan fingerprint density at radius 3 is 2.59 bits per heavy atom. The molecule has 0 radical (unpaired) electrons. The van der Waals surface area contributed by atoms with Crippen molar-refractivity contribution >= 4 is 17.5 Å². The van der Waals surface area contributed by atoms with Gasteiger partial charge in [0.05, 0.1) is 0 Å². The number of rotatable bonds is 2. The standard InChI is InChI=1S/C18H17NO3/c1-19(2)16-5-3-4-14-15(16)9-12(18(14)22)8-11-6-7-13(20)10-17(11)21/h3-8,10,20-21H,9H2,1-2H3/b12-8+. The van der Waals surface area contributed by atoms with E-state index in [4.69, 9.17) is 0 Å². The van der Waals surface area contributed by atoms with Crippen LogP contribution in [-0.2, 0) is 6.42 Å². The van der Waals surface area contributed by atoms with E-state index in [1.165, 1.54) is 12.1 Å². The molecule has 4 heteroatoms. The molecule has 0 unspecified atom stereocenters. The molecule has 0 heterocycles. The van der Waals surface area contributed by atoms with E-state index in [-0.39, 0.29) is 17.3 Å². The van der Waals surface area contributed by atoms with Crippen molar-refractivity contribution in [3.63, 3.8) is 0 Å². The van der Waals surface area contributed by atoms with Gasteiger partial charge >= 0.3 is 0 Å². The molecule has 0 aromatic heterocycles. The molecule has 112 valence electrons. The van der Waals surface area contributed by atoms with Gasteiger partial charge in [-0.15, -0.1) is 0 Å². The summed E-state index contributed by atoms with van der Waals surface area (Å²) in [5, 5.41) is 19.2. The largest absolute Gasteiger partial charge is 0.508 e. The zero-order valence-corrected chi connectivity index (χ0v) is 12.5. The maximum absolute atomic E-state index is 12.5. The van der Waals surface area contributed by atoms with Crippen molar-refractivity contribution in [2.45, 2.75) is 6.42 Å². The van der Waals surface area contributed by atoms with Crippen molar-refractivity contribution in [3.8, 4) is 11.5 Å². The second-order valence-corrected chi connectivity index (χ2v) is 5.62. The van der Waals surface area contributed by atoms with Gasteiger partial charge in [0.15, 0.2) is 5.78 Å². The highest BCUT2D eigenvalue weighted by atomic mass is 16.3. The van der Waals surface area contributed by atoms with Crippen LogP contribution >= 0.6 is 0 Å². The molecular formula is C18H17NO3. The fourth-order valence-corrected chi connectivity index (χ4v) is 2.79. The lowest BCUT2D eigenvalue weighted by Gasteiger charge is -2.16. The van der Waals surface area contributed by atoms with E-state index in [0.29, 0.717) is 17.6 Å². The number of carbonyl (C=O) groups is 1. The average Bonchev–Trinajstić information content (AvgIpc) is 2.78. The zero-order chi connectivity index (χ0) is 15.9. The van der Waals surface area contributed by atoms with Crippen LogP contribution in [-0.4, -0.2) is 30.1 Å². The minimum Gasteiger partial charge on any atom is -0.508 e. The van der Waals surface area contributed by atoms with Crippen molar-refractivity contribution < 1.29 is 15.0 Å². The van der Waals surface area contributed by atoms with Crippen LogP contribution in [0.1, 0.15) is 21.5 Å². The lowest BCUT2D eigenvalue weighted by Crippen LogP contribution is -2.11. The summed E-state index contributed by atoms with van der Waals surface area (Å²) >= 11 is 0. The minimum absolute atomic E-state index is 0.00409. The molecular weight excluding hydrogens is 278 g/mol. The van der Waals surface area contributed by atoms with Gasteiger partial charge < -0.3 is 15.1 Å². The van der Waals surface area contributed by atoms with E-state index in [1.807, 2.05) is 37.2 Å². The van der Waals surface area contributed by atoms with Crippen molar-refractivity contribution in [3.05, 3.63) is 58.7 Å². The van der Waals surface area contributed by atoms with Crippen LogP contribution < -0.4 is 4.90 Å². The molecule has 22 heavy (non-hydrogen) atoms. The number of hydrogen-bond donors (Lipinski definition) is 2. The van der Waals surface area contributed by atoms with E-state index < -0.39 is 0 Å². The highest BCUT2D eigenvalue weighted by molar-refractivity contribution is 6.16. The van der Waals surface area contributed by atoms with Crippen LogP contribution in [0.15, 0.2) is 42.0 Å². The Hall–Kier alpha value is -2.75. The molecule has 0 fully saturated rings. The van der Waals surface area contributed by atoms with Gasteiger partial charge in [0.2, 0.25) is 0 Å². The summed E-state index contributed by atoms with van der Waals surface area (Å²) < 4.78 is 0. The number of nitrogens with zero attached hydrogens (tertiary/aromatic N) is 1. The summed E-state index contributed by atoms with van der Waals surface area (Å²) in [4.78, 5) is 14.5. The highest BCUT2D eigenvalue weighted by Gasteiger charge is 2.27. The normalized spacial score (nSPS) is 15.2. The van der Waals surface area contributed by atoms with Crippen LogP contribution in [0.4, 0.5) is 5.69 Å². The maximum Gasteiger partial charge on any atom is 0.189 e. The molecule has 0 saturated carbocycles. The van der Waals surface area contributed by atoms with E-state index >= 15 is 0 Å². The van der Waals surface area contributed by atoms with Gasteiger partial charge in [-0.3, -0.25) is 4.79 Å². The van der Waals surface area contributed by atoms with Crippen molar-refractivity contribution in [1.82, 2.24) is 0 Å². The van der Waals surface area contributed by atoms with E-state index in [1.54, 1.807) is 12.1 Å². The van der Waals surface area contributed by atoms with Crippen molar-refractivity contribution in [2.75, 3.05) is 19.0 Å². The predicted octanol–water partition coefficient (Wildman–Crippen LogP) is 2.99. The summed E-state index contributed by atoms with van der Waals surface area (Å²) in [7, 11) is 3.90. The SMILES string of the molecule is CN(C)c1cccc2c1C/C(=C\c1ccc(O)cc1O)C2=O. The molecule has 3 rings (SSSR count). The number of carbonyl (C=O) groups excluding carboxylic acids is 1. The second kappa shape index (κ2) is 5.22.